The summed E-state index contributed by atoms with van der Waals surface area (Å²) in [5, 5.41) is 13.4. The molecule has 3 heterocycles. The van der Waals surface area contributed by atoms with E-state index in [-0.39, 0.29) is 5.56 Å². The van der Waals surface area contributed by atoms with E-state index in [1.807, 2.05) is 0 Å². The average molecular weight is 302 g/mol. The first kappa shape index (κ1) is 15.0. The number of nitrogens with zero attached hydrogens (tertiary/aromatic N) is 4. The second kappa shape index (κ2) is 6.04. The maximum absolute atomic E-state index is 11.0. The van der Waals surface area contributed by atoms with E-state index in [1.165, 1.54) is 19.0 Å². The number of aromatic carboxylic acids is 1. The van der Waals surface area contributed by atoms with Gasteiger partial charge in [-0.3, -0.25) is 0 Å². The smallest absolute Gasteiger partial charge is 0.337 e. The first-order chi connectivity index (χ1) is 10.5. The standard InChI is InChI=1S/C16H22N4O2/c1-11(2)19-7-5-12(6-8-19)9-14-17-15-4-3-13(16(21)22)10-20(15)18-14/h3-4,10-12H,5-9H2,1-2H3,(H,21,22). The van der Waals surface area contributed by atoms with Crippen molar-refractivity contribution < 1.29 is 9.90 Å². The highest BCUT2D eigenvalue weighted by Gasteiger charge is 2.22. The lowest BCUT2D eigenvalue weighted by Gasteiger charge is -2.34. The summed E-state index contributed by atoms with van der Waals surface area (Å²) < 4.78 is 1.57. The van der Waals surface area contributed by atoms with Crippen molar-refractivity contribution in [2.24, 2.45) is 5.92 Å². The topological polar surface area (TPSA) is 70.7 Å². The lowest BCUT2D eigenvalue weighted by atomic mass is 9.93. The van der Waals surface area contributed by atoms with Gasteiger partial charge < -0.3 is 10.0 Å². The third kappa shape index (κ3) is 3.11. The Morgan fingerprint density at radius 3 is 2.73 bits per heavy atom. The van der Waals surface area contributed by atoms with Gasteiger partial charge in [0.05, 0.1) is 5.56 Å². The number of hydrogen-bond acceptors (Lipinski definition) is 4. The second-order valence-electron chi connectivity index (χ2n) is 6.33. The summed E-state index contributed by atoms with van der Waals surface area (Å²) in [7, 11) is 0. The molecule has 1 aliphatic heterocycles. The molecule has 118 valence electrons. The van der Waals surface area contributed by atoms with E-state index >= 15 is 0 Å². The van der Waals surface area contributed by atoms with Crippen LogP contribution < -0.4 is 0 Å². The van der Waals surface area contributed by atoms with Gasteiger partial charge in [-0.1, -0.05) is 0 Å². The van der Waals surface area contributed by atoms with Crippen LogP contribution in [0, 0.1) is 5.92 Å². The second-order valence-corrected chi connectivity index (χ2v) is 6.33. The number of rotatable bonds is 4. The van der Waals surface area contributed by atoms with Gasteiger partial charge in [-0.25, -0.2) is 14.3 Å². The lowest BCUT2D eigenvalue weighted by Crippen LogP contribution is -2.38. The molecule has 1 N–H and O–H groups in total. The Kier molecular flexibility index (Phi) is 4.11. The van der Waals surface area contributed by atoms with E-state index in [4.69, 9.17) is 5.11 Å². The summed E-state index contributed by atoms with van der Waals surface area (Å²) in [5.74, 6) is 0.483. The summed E-state index contributed by atoms with van der Waals surface area (Å²) in [6.45, 7) is 6.76. The number of hydrogen-bond donors (Lipinski definition) is 1. The molecule has 2 aromatic heterocycles. The Balaban J connectivity index is 1.68. The van der Waals surface area contributed by atoms with Gasteiger partial charge in [-0.05, 0) is 57.8 Å². The molecule has 0 amide bonds. The zero-order valence-electron chi connectivity index (χ0n) is 13.1. The minimum Gasteiger partial charge on any atom is -0.478 e. The number of piperidine rings is 1. The van der Waals surface area contributed by atoms with Crippen molar-refractivity contribution in [3.05, 3.63) is 29.7 Å². The minimum absolute atomic E-state index is 0.231. The molecular weight excluding hydrogens is 280 g/mol. The Bertz CT molecular complexity index is 672. The highest BCUT2D eigenvalue weighted by molar-refractivity contribution is 5.87. The number of carboxylic acids is 1. The third-order valence-corrected chi connectivity index (χ3v) is 4.47. The van der Waals surface area contributed by atoms with Crippen LogP contribution in [0.1, 0.15) is 42.9 Å². The molecule has 1 saturated heterocycles. The predicted molar refractivity (Wildman–Crippen MR) is 83.1 cm³/mol. The molecular formula is C16H22N4O2. The molecule has 0 aromatic carbocycles. The van der Waals surface area contributed by atoms with Crippen LogP contribution in [-0.2, 0) is 6.42 Å². The van der Waals surface area contributed by atoms with Crippen LogP contribution in [0.5, 0.6) is 0 Å². The summed E-state index contributed by atoms with van der Waals surface area (Å²) >= 11 is 0. The Morgan fingerprint density at radius 1 is 1.36 bits per heavy atom. The van der Waals surface area contributed by atoms with E-state index in [0.717, 1.165) is 25.3 Å². The third-order valence-electron chi connectivity index (χ3n) is 4.47. The van der Waals surface area contributed by atoms with Gasteiger partial charge in [0, 0.05) is 18.7 Å². The van der Waals surface area contributed by atoms with Crippen LogP contribution in [0.25, 0.3) is 5.65 Å². The summed E-state index contributed by atoms with van der Waals surface area (Å²) in [5.41, 5.74) is 0.939. The summed E-state index contributed by atoms with van der Waals surface area (Å²) in [6, 6.07) is 3.89. The van der Waals surface area contributed by atoms with Crippen molar-refractivity contribution in [1.82, 2.24) is 19.5 Å². The van der Waals surface area contributed by atoms with Crippen molar-refractivity contribution in [2.75, 3.05) is 13.1 Å². The highest BCUT2D eigenvalue weighted by Crippen LogP contribution is 2.22. The van der Waals surface area contributed by atoms with Crippen molar-refractivity contribution in [3.63, 3.8) is 0 Å². The van der Waals surface area contributed by atoms with Crippen LogP contribution in [0.15, 0.2) is 18.3 Å². The van der Waals surface area contributed by atoms with E-state index in [9.17, 15) is 4.79 Å². The van der Waals surface area contributed by atoms with E-state index in [0.29, 0.717) is 17.6 Å². The number of likely N-dealkylation sites (tertiary alicyclic amines) is 1. The molecule has 0 aliphatic carbocycles. The van der Waals surface area contributed by atoms with Crippen LogP contribution >= 0.6 is 0 Å². The molecule has 22 heavy (non-hydrogen) atoms. The van der Waals surface area contributed by atoms with Crippen LogP contribution in [0.4, 0.5) is 0 Å². The fraction of sp³-hybridized carbons (Fsp3) is 0.562. The van der Waals surface area contributed by atoms with Gasteiger partial charge in [-0.15, -0.1) is 0 Å². The molecule has 2 aromatic rings. The number of aromatic nitrogens is 3. The van der Waals surface area contributed by atoms with Crippen molar-refractivity contribution in [2.45, 2.75) is 39.2 Å². The number of carbonyl (C=O) groups is 1. The van der Waals surface area contributed by atoms with Crippen molar-refractivity contribution in [3.8, 4) is 0 Å². The molecule has 6 heteroatoms. The normalized spacial score (nSPS) is 17.4. The first-order valence-electron chi connectivity index (χ1n) is 7.85. The summed E-state index contributed by atoms with van der Waals surface area (Å²) in [4.78, 5) is 18.0. The zero-order chi connectivity index (χ0) is 15.7. The number of fused-ring (bicyclic) bond motifs is 1. The predicted octanol–water partition coefficient (Wildman–Crippen LogP) is 2.09. The summed E-state index contributed by atoms with van der Waals surface area (Å²) in [6.07, 6.45) is 4.74. The zero-order valence-corrected chi connectivity index (χ0v) is 13.1. The van der Waals surface area contributed by atoms with Gasteiger partial charge >= 0.3 is 5.97 Å². The quantitative estimate of drug-likeness (QED) is 0.936. The molecule has 0 radical (unpaired) electrons. The highest BCUT2D eigenvalue weighted by atomic mass is 16.4. The Hall–Kier alpha value is -1.95. The molecule has 0 atom stereocenters. The van der Waals surface area contributed by atoms with Gasteiger partial charge in [0.25, 0.3) is 0 Å². The SMILES string of the molecule is CC(C)N1CCC(Cc2nc3ccc(C(=O)O)cn3n2)CC1. The van der Waals surface area contributed by atoms with E-state index in [2.05, 4.69) is 28.8 Å². The number of pyridine rings is 1. The fourth-order valence-electron chi connectivity index (χ4n) is 3.07. The van der Waals surface area contributed by atoms with Crippen LogP contribution in [0.2, 0.25) is 0 Å². The van der Waals surface area contributed by atoms with Crippen molar-refractivity contribution >= 4 is 11.6 Å². The average Bonchev–Trinajstić information content (AvgIpc) is 2.88. The van der Waals surface area contributed by atoms with Crippen LogP contribution in [-0.4, -0.2) is 49.7 Å². The molecule has 1 aliphatic rings. The lowest BCUT2D eigenvalue weighted by molar-refractivity contribution is 0.0696. The molecule has 0 saturated carbocycles. The van der Waals surface area contributed by atoms with Gasteiger partial charge in [0.15, 0.2) is 11.5 Å². The van der Waals surface area contributed by atoms with Gasteiger partial charge in [0.2, 0.25) is 0 Å². The van der Waals surface area contributed by atoms with E-state index in [1.54, 1.807) is 16.6 Å². The molecule has 3 rings (SSSR count). The maximum Gasteiger partial charge on any atom is 0.337 e. The van der Waals surface area contributed by atoms with Crippen molar-refractivity contribution in [1.29, 1.82) is 0 Å². The number of carboxylic acid groups (broad SMARTS) is 1. The fourth-order valence-corrected chi connectivity index (χ4v) is 3.07. The molecule has 0 spiro atoms. The molecule has 0 bridgehead atoms. The maximum atomic E-state index is 11.0. The Morgan fingerprint density at radius 2 is 2.09 bits per heavy atom. The minimum atomic E-state index is -0.944. The monoisotopic (exact) mass is 302 g/mol. The van der Waals surface area contributed by atoms with Gasteiger partial charge in [-0.2, -0.15) is 5.10 Å². The molecule has 6 nitrogen and oxygen atoms in total. The van der Waals surface area contributed by atoms with Crippen LogP contribution in [0.3, 0.4) is 0 Å². The Labute approximate surface area is 129 Å². The van der Waals surface area contributed by atoms with Gasteiger partial charge in [0.1, 0.15) is 0 Å². The molecule has 1 fully saturated rings. The van der Waals surface area contributed by atoms with E-state index < -0.39 is 5.97 Å². The molecule has 0 unspecified atom stereocenters. The largest absolute Gasteiger partial charge is 0.478 e. The first-order valence-corrected chi connectivity index (χ1v) is 7.85.